The number of rotatable bonds is 7. The summed E-state index contributed by atoms with van der Waals surface area (Å²) >= 11 is 2.96. The lowest BCUT2D eigenvalue weighted by Gasteiger charge is -2.20. The van der Waals surface area contributed by atoms with E-state index in [1.807, 2.05) is 42.5 Å². The molecule has 152 valence electrons. The lowest BCUT2D eigenvalue weighted by Crippen LogP contribution is -2.30. The largest absolute Gasteiger partial charge is 0.481 e. The van der Waals surface area contributed by atoms with Crippen molar-refractivity contribution >= 4 is 34.1 Å². The second kappa shape index (κ2) is 9.41. The van der Waals surface area contributed by atoms with Gasteiger partial charge in [0.05, 0.1) is 0 Å². The van der Waals surface area contributed by atoms with Crippen molar-refractivity contribution in [3.8, 4) is 5.75 Å². The summed E-state index contributed by atoms with van der Waals surface area (Å²) in [5.74, 6) is 1.23. The fourth-order valence-corrected chi connectivity index (χ4v) is 4.25. The van der Waals surface area contributed by atoms with Crippen LogP contribution in [0.4, 0.5) is 5.13 Å². The number of aromatic nitrogens is 2. The zero-order chi connectivity index (χ0) is 20.9. The van der Waals surface area contributed by atoms with Crippen LogP contribution in [0.3, 0.4) is 0 Å². The molecule has 29 heavy (non-hydrogen) atoms. The molecule has 3 aromatic rings. The third kappa shape index (κ3) is 6.30. The zero-order valence-corrected chi connectivity index (χ0v) is 18.6. The molecular formula is C22H25N3O2S2. The predicted molar refractivity (Wildman–Crippen MR) is 120 cm³/mol. The molecule has 1 unspecified atom stereocenters. The molecule has 0 radical (unpaired) electrons. The SMILES string of the molecule is CC(Oc1ccc(C(C)(C)C)cc1)C(=O)Nc1nnc(SCc2ccccc2)s1. The summed E-state index contributed by atoms with van der Waals surface area (Å²) in [6.07, 6.45) is -0.639. The first-order valence-corrected chi connectivity index (χ1v) is 11.2. The number of carbonyl (C=O) groups is 1. The average Bonchev–Trinajstić information content (AvgIpc) is 3.14. The van der Waals surface area contributed by atoms with Gasteiger partial charge in [0.1, 0.15) is 5.75 Å². The van der Waals surface area contributed by atoms with Crippen LogP contribution in [-0.2, 0) is 16.0 Å². The Morgan fingerprint density at radius 3 is 2.45 bits per heavy atom. The second-order valence-corrected chi connectivity index (χ2v) is 9.87. The molecule has 0 fully saturated rings. The zero-order valence-electron chi connectivity index (χ0n) is 17.0. The molecule has 0 saturated carbocycles. The average molecular weight is 428 g/mol. The van der Waals surface area contributed by atoms with Gasteiger partial charge in [-0.2, -0.15) is 0 Å². The van der Waals surface area contributed by atoms with Crippen LogP contribution in [0.2, 0.25) is 0 Å². The number of benzene rings is 2. The van der Waals surface area contributed by atoms with Crippen LogP contribution in [0.5, 0.6) is 5.75 Å². The molecule has 1 amide bonds. The molecule has 5 nitrogen and oxygen atoms in total. The minimum Gasteiger partial charge on any atom is -0.481 e. The van der Waals surface area contributed by atoms with E-state index in [1.165, 1.54) is 22.5 Å². The molecule has 1 N–H and O–H groups in total. The Kier molecular flexibility index (Phi) is 6.92. The molecule has 1 heterocycles. The first-order chi connectivity index (χ1) is 13.8. The number of ether oxygens (including phenoxy) is 1. The van der Waals surface area contributed by atoms with Gasteiger partial charge in [-0.05, 0) is 35.6 Å². The van der Waals surface area contributed by atoms with E-state index < -0.39 is 6.10 Å². The van der Waals surface area contributed by atoms with Crippen molar-refractivity contribution in [2.24, 2.45) is 0 Å². The monoisotopic (exact) mass is 427 g/mol. The highest BCUT2D eigenvalue weighted by molar-refractivity contribution is 8.00. The summed E-state index contributed by atoms with van der Waals surface area (Å²) in [5, 5.41) is 11.5. The van der Waals surface area contributed by atoms with Gasteiger partial charge in [0, 0.05) is 5.75 Å². The van der Waals surface area contributed by atoms with Crippen LogP contribution < -0.4 is 10.1 Å². The van der Waals surface area contributed by atoms with E-state index in [0.717, 1.165) is 10.1 Å². The van der Waals surface area contributed by atoms with Crippen LogP contribution in [0.25, 0.3) is 0 Å². The molecule has 0 spiro atoms. The lowest BCUT2D eigenvalue weighted by molar-refractivity contribution is -0.122. The molecule has 7 heteroatoms. The maximum atomic E-state index is 12.4. The highest BCUT2D eigenvalue weighted by Crippen LogP contribution is 2.28. The number of hydrogen-bond donors (Lipinski definition) is 1. The van der Waals surface area contributed by atoms with Crippen molar-refractivity contribution in [1.82, 2.24) is 10.2 Å². The highest BCUT2D eigenvalue weighted by Gasteiger charge is 2.18. The number of anilines is 1. The predicted octanol–water partition coefficient (Wildman–Crippen LogP) is 5.53. The van der Waals surface area contributed by atoms with Gasteiger partial charge in [-0.15, -0.1) is 10.2 Å². The Balaban J connectivity index is 1.51. The van der Waals surface area contributed by atoms with E-state index in [-0.39, 0.29) is 11.3 Å². The summed E-state index contributed by atoms with van der Waals surface area (Å²) in [6, 6.07) is 18.0. The molecule has 0 aliphatic carbocycles. The summed E-state index contributed by atoms with van der Waals surface area (Å²) in [7, 11) is 0. The van der Waals surface area contributed by atoms with Gasteiger partial charge in [-0.25, -0.2) is 0 Å². The summed E-state index contributed by atoms with van der Waals surface area (Å²) in [5.41, 5.74) is 2.52. The summed E-state index contributed by atoms with van der Waals surface area (Å²) in [4.78, 5) is 12.4. The Hall–Kier alpha value is -2.38. The van der Waals surface area contributed by atoms with Gasteiger partial charge in [0.25, 0.3) is 5.91 Å². The minimum absolute atomic E-state index is 0.0790. The number of amides is 1. The maximum Gasteiger partial charge on any atom is 0.266 e. The van der Waals surface area contributed by atoms with Crippen LogP contribution in [-0.4, -0.2) is 22.2 Å². The van der Waals surface area contributed by atoms with Crippen molar-refractivity contribution in [3.05, 3.63) is 65.7 Å². The van der Waals surface area contributed by atoms with Gasteiger partial charge in [0.2, 0.25) is 5.13 Å². The smallest absolute Gasteiger partial charge is 0.266 e. The normalized spacial score (nSPS) is 12.4. The van der Waals surface area contributed by atoms with Gasteiger partial charge < -0.3 is 4.74 Å². The van der Waals surface area contributed by atoms with E-state index in [9.17, 15) is 4.79 Å². The summed E-state index contributed by atoms with van der Waals surface area (Å²) < 4.78 is 6.58. The van der Waals surface area contributed by atoms with Crippen molar-refractivity contribution in [1.29, 1.82) is 0 Å². The number of thioether (sulfide) groups is 1. The third-order valence-corrected chi connectivity index (χ3v) is 6.29. The first-order valence-electron chi connectivity index (χ1n) is 9.39. The van der Waals surface area contributed by atoms with Gasteiger partial charge in [-0.3, -0.25) is 10.1 Å². The molecule has 0 saturated heterocycles. The molecule has 1 atom stereocenters. The molecular weight excluding hydrogens is 402 g/mol. The van der Waals surface area contributed by atoms with Gasteiger partial charge >= 0.3 is 0 Å². The quantitative estimate of drug-likeness (QED) is 0.396. The Morgan fingerprint density at radius 1 is 1.10 bits per heavy atom. The van der Waals surface area contributed by atoms with E-state index >= 15 is 0 Å². The fourth-order valence-electron chi connectivity index (χ4n) is 2.54. The van der Waals surface area contributed by atoms with E-state index in [1.54, 1.807) is 18.7 Å². The Labute approximate surface area is 179 Å². The minimum atomic E-state index is -0.639. The van der Waals surface area contributed by atoms with Crippen LogP contribution in [0.1, 0.15) is 38.8 Å². The van der Waals surface area contributed by atoms with Crippen LogP contribution in [0.15, 0.2) is 58.9 Å². The van der Waals surface area contributed by atoms with Crippen LogP contribution >= 0.6 is 23.1 Å². The molecule has 2 aromatic carbocycles. The Morgan fingerprint density at radius 2 is 1.79 bits per heavy atom. The number of nitrogens with zero attached hydrogens (tertiary/aromatic N) is 2. The third-order valence-electron chi connectivity index (χ3n) is 4.24. The molecule has 3 rings (SSSR count). The molecule has 0 aliphatic heterocycles. The number of hydrogen-bond acceptors (Lipinski definition) is 6. The van der Waals surface area contributed by atoms with Gasteiger partial charge in [0.15, 0.2) is 10.4 Å². The van der Waals surface area contributed by atoms with E-state index in [4.69, 9.17) is 4.74 Å². The van der Waals surface area contributed by atoms with Crippen molar-refractivity contribution in [2.75, 3.05) is 5.32 Å². The Bertz CT molecular complexity index is 935. The van der Waals surface area contributed by atoms with Crippen molar-refractivity contribution in [3.63, 3.8) is 0 Å². The molecule has 0 bridgehead atoms. The fraction of sp³-hybridized carbons (Fsp3) is 0.318. The van der Waals surface area contributed by atoms with E-state index in [0.29, 0.717) is 10.9 Å². The molecule has 1 aromatic heterocycles. The molecule has 0 aliphatic rings. The second-order valence-electron chi connectivity index (χ2n) is 7.67. The standard InChI is InChI=1S/C22H25N3O2S2/c1-15(27-18-12-10-17(11-13-18)22(2,3)4)19(26)23-20-24-25-21(29-20)28-14-16-8-6-5-7-9-16/h5-13,15H,14H2,1-4H3,(H,23,24,26). The van der Waals surface area contributed by atoms with Gasteiger partial charge in [-0.1, -0.05) is 86.3 Å². The van der Waals surface area contributed by atoms with Crippen LogP contribution in [0, 0.1) is 0 Å². The number of carbonyl (C=O) groups excluding carboxylic acids is 1. The lowest BCUT2D eigenvalue weighted by atomic mass is 9.87. The first kappa shape index (κ1) is 21.3. The maximum absolute atomic E-state index is 12.4. The van der Waals surface area contributed by atoms with Crippen molar-refractivity contribution in [2.45, 2.75) is 49.3 Å². The van der Waals surface area contributed by atoms with Crippen molar-refractivity contribution < 1.29 is 9.53 Å². The number of nitrogens with one attached hydrogen (secondary N) is 1. The topological polar surface area (TPSA) is 64.1 Å². The summed E-state index contributed by atoms with van der Waals surface area (Å²) in [6.45, 7) is 8.20. The van der Waals surface area contributed by atoms with E-state index in [2.05, 4.69) is 48.4 Å². The highest BCUT2D eigenvalue weighted by atomic mass is 32.2.